The summed E-state index contributed by atoms with van der Waals surface area (Å²) in [5.41, 5.74) is 1.83. The van der Waals surface area contributed by atoms with Crippen LogP contribution in [-0.4, -0.2) is 28.6 Å². The molecule has 2 heterocycles. The summed E-state index contributed by atoms with van der Waals surface area (Å²) in [5, 5.41) is 11.6. The van der Waals surface area contributed by atoms with E-state index in [-0.39, 0.29) is 24.2 Å². The Morgan fingerprint density at radius 3 is 2.81 bits per heavy atom. The van der Waals surface area contributed by atoms with Crippen LogP contribution in [0, 0.1) is 5.92 Å². The third kappa shape index (κ3) is 3.15. The van der Waals surface area contributed by atoms with Crippen molar-refractivity contribution in [2.45, 2.75) is 13.0 Å². The number of H-pyrrole nitrogens is 1. The third-order valence-electron chi connectivity index (χ3n) is 4.58. The van der Waals surface area contributed by atoms with Crippen molar-refractivity contribution in [3.05, 3.63) is 59.1 Å². The van der Waals surface area contributed by atoms with Crippen molar-refractivity contribution in [2.75, 3.05) is 11.4 Å². The SMILES string of the molecule is O=C(NCc1ccc(Cl)cc1)[C@@H]1CC(=O)N(c2n[nH]c3ccccc23)C1. The lowest BCUT2D eigenvalue weighted by atomic mass is 10.1. The standard InChI is InChI=1S/C19H17ClN4O2/c20-14-7-5-12(6-8-14)10-21-19(26)13-9-17(25)24(11-13)18-15-3-1-2-4-16(15)22-23-18/h1-8,13H,9-11H2,(H,21,26)(H,22,23)/t13-/m1/s1. The summed E-state index contributed by atoms with van der Waals surface area (Å²) in [4.78, 5) is 26.5. The first kappa shape index (κ1) is 16.6. The normalized spacial score (nSPS) is 17.0. The molecular weight excluding hydrogens is 352 g/mol. The number of hydrogen-bond acceptors (Lipinski definition) is 3. The number of aromatic nitrogens is 2. The molecule has 132 valence electrons. The quantitative estimate of drug-likeness (QED) is 0.743. The van der Waals surface area contributed by atoms with Crippen molar-refractivity contribution in [3.63, 3.8) is 0 Å². The second-order valence-electron chi connectivity index (χ2n) is 6.34. The fourth-order valence-corrected chi connectivity index (χ4v) is 3.30. The molecule has 4 rings (SSSR count). The molecule has 1 aliphatic heterocycles. The molecule has 1 saturated heterocycles. The van der Waals surface area contributed by atoms with Gasteiger partial charge in [-0.15, -0.1) is 0 Å². The lowest BCUT2D eigenvalue weighted by molar-refractivity contribution is -0.126. The van der Waals surface area contributed by atoms with Crippen LogP contribution >= 0.6 is 11.6 Å². The Labute approximate surface area is 155 Å². The fraction of sp³-hybridized carbons (Fsp3) is 0.211. The van der Waals surface area contributed by atoms with E-state index in [0.29, 0.717) is 23.9 Å². The lowest BCUT2D eigenvalue weighted by Crippen LogP contribution is -2.32. The van der Waals surface area contributed by atoms with Crippen LogP contribution in [0.5, 0.6) is 0 Å². The van der Waals surface area contributed by atoms with Gasteiger partial charge in [0.25, 0.3) is 0 Å². The molecule has 2 N–H and O–H groups in total. The van der Waals surface area contributed by atoms with Crippen molar-refractivity contribution in [2.24, 2.45) is 5.92 Å². The van der Waals surface area contributed by atoms with Gasteiger partial charge in [0.15, 0.2) is 5.82 Å². The highest BCUT2D eigenvalue weighted by molar-refractivity contribution is 6.30. The van der Waals surface area contributed by atoms with Gasteiger partial charge in [0.05, 0.1) is 11.4 Å². The van der Waals surface area contributed by atoms with Crippen LogP contribution in [0.1, 0.15) is 12.0 Å². The number of para-hydroxylation sites is 1. The molecule has 7 heteroatoms. The maximum atomic E-state index is 12.5. The molecular formula is C19H17ClN4O2. The van der Waals surface area contributed by atoms with Crippen LogP contribution in [0.25, 0.3) is 10.9 Å². The lowest BCUT2D eigenvalue weighted by Gasteiger charge is -2.14. The number of rotatable bonds is 4. The monoisotopic (exact) mass is 368 g/mol. The highest BCUT2D eigenvalue weighted by Crippen LogP contribution is 2.29. The van der Waals surface area contributed by atoms with E-state index in [2.05, 4.69) is 15.5 Å². The number of halogens is 1. The molecule has 26 heavy (non-hydrogen) atoms. The van der Waals surface area contributed by atoms with Gasteiger partial charge in [-0.2, -0.15) is 5.10 Å². The second-order valence-corrected chi connectivity index (χ2v) is 6.78. The highest BCUT2D eigenvalue weighted by atomic mass is 35.5. The molecule has 2 aromatic carbocycles. The number of fused-ring (bicyclic) bond motifs is 1. The van der Waals surface area contributed by atoms with E-state index in [1.807, 2.05) is 36.4 Å². The summed E-state index contributed by atoms with van der Waals surface area (Å²) < 4.78 is 0. The predicted octanol–water partition coefficient (Wildman–Crippen LogP) is 2.89. The van der Waals surface area contributed by atoms with Gasteiger partial charge in [-0.25, -0.2) is 0 Å². The molecule has 0 saturated carbocycles. The molecule has 1 fully saturated rings. The molecule has 1 aromatic heterocycles. The molecule has 1 atom stereocenters. The van der Waals surface area contributed by atoms with E-state index in [1.54, 1.807) is 17.0 Å². The number of nitrogens with zero attached hydrogens (tertiary/aromatic N) is 2. The zero-order valence-corrected chi connectivity index (χ0v) is 14.7. The van der Waals surface area contributed by atoms with Crippen molar-refractivity contribution in [3.8, 4) is 0 Å². The van der Waals surface area contributed by atoms with Crippen LogP contribution in [0.4, 0.5) is 5.82 Å². The Kier molecular flexibility index (Phi) is 4.34. The van der Waals surface area contributed by atoms with Gasteiger partial charge in [-0.3, -0.25) is 19.6 Å². The number of benzene rings is 2. The molecule has 2 amide bonds. The summed E-state index contributed by atoms with van der Waals surface area (Å²) in [5.74, 6) is -0.0200. The van der Waals surface area contributed by atoms with Gasteiger partial charge in [0.2, 0.25) is 11.8 Å². The average Bonchev–Trinajstić information content (AvgIpc) is 3.24. The van der Waals surface area contributed by atoms with E-state index in [0.717, 1.165) is 16.5 Å². The molecule has 3 aromatic rings. The average molecular weight is 369 g/mol. The van der Waals surface area contributed by atoms with Crippen molar-refractivity contribution >= 4 is 40.1 Å². The van der Waals surface area contributed by atoms with Crippen LogP contribution < -0.4 is 10.2 Å². The number of anilines is 1. The molecule has 0 unspecified atom stereocenters. The predicted molar refractivity (Wildman–Crippen MR) is 99.9 cm³/mol. The molecule has 0 bridgehead atoms. The smallest absolute Gasteiger partial charge is 0.229 e. The Hall–Kier alpha value is -2.86. The van der Waals surface area contributed by atoms with Crippen LogP contribution in [0.3, 0.4) is 0 Å². The first-order valence-electron chi connectivity index (χ1n) is 8.37. The number of aromatic amines is 1. The second kappa shape index (κ2) is 6.80. The Balaban J connectivity index is 1.44. The van der Waals surface area contributed by atoms with Crippen molar-refractivity contribution in [1.29, 1.82) is 0 Å². The largest absolute Gasteiger partial charge is 0.352 e. The minimum absolute atomic E-state index is 0.0890. The number of nitrogens with one attached hydrogen (secondary N) is 2. The van der Waals surface area contributed by atoms with Gasteiger partial charge in [0, 0.05) is 29.9 Å². The molecule has 0 aliphatic carbocycles. The Morgan fingerprint density at radius 1 is 1.23 bits per heavy atom. The van der Waals surface area contributed by atoms with Crippen LogP contribution in [-0.2, 0) is 16.1 Å². The topological polar surface area (TPSA) is 78.1 Å². The van der Waals surface area contributed by atoms with E-state index in [9.17, 15) is 9.59 Å². The first-order chi connectivity index (χ1) is 12.6. The minimum atomic E-state index is -0.384. The van der Waals surface area contributed by atoms with Crippen LogP contribution in [0.2, 0.25) is 5.02 Å². The highest BCUT2D eigenvalue weighted by Gasteiger charge is 2.36. The summed E-state index contributed by atoms with van der Waals surface area (Å²) in [6, 6.07) is 14.9. The maximum absolute atomic E-state index is 12.5. The first-order valence-corrected chi connectivity index (χ1v) is 8.75. The van der Waals surface area contributed by atoms with Gasteiger partial charge >= 0.3 is 0 Å². The van der Waals surface area contributed by atoms with Crippen LogP contribution in [0.15, 0.2) is 48.5 Å². The summed E-state index contributed by atoms with van der Waals surface area (Å²) in [6.07, 6.45) is 0.188. The molecule has 6 nitrogen and oxygen atoms in total. The van der Waals surface area contributed by atoms with Crippen molar-refractivity contribution in [1.82, 2.24) is 15.5 Å². The van der Waals surface area contributed by atoms with Gasteiger partial charge in [0.1, 0.15) is 0 Å². The molecule has 1 aliphatic rings. The summed E-state index contributed by atoms with van der Waals surface area (Å²) >= 11 is 5.86. The minimum Gasteiger partial charge on any atom is -0.352 e. The molecule has 0 radical (unpaired) electrons. The maximum Gasteiger partial charge on any atom is 0.229 e. The van der Waals surface area contributed by atoms with Gasteiger partial charge in [-0.05, 0) is 29.8 Å². The zero-order chi connectivity index (χ0) is 18.1. The number of hydrogen-bond donors (Lipinski definition) is 2. The van der Waals surface area contributed by atoms with E-state index < -0.39 is 0 Å². The summed E-state index contributed by atoms with van der Waals surface area (Å²) in [7, 11) is 0. The Bertz CT molecular complexity index is 967. The van der Waals surface area contributed by atoms with E-state index >= 15 is 0 Å². The zero-order valence-electron chi connectivity index (χ0n) is 13.9. The van der Waals surface area contributed by atoms with E-state index in [4.69, 9.17) is 11.6 Å². The Morgan fingerprint density at radius 2 is 2.00 bits per heavy atom. The summed E-state index contributed by atoms with van der Waals surface area (Å²) in [6.45, 7) is 0.742. The fourth-order valence-electron chi connectivity index (χ4n) is 3.18. The number of amides is 2. The molecule has 0 spiro atoms. The van der Waals surface area contributed by atoms with Gasteiger partial charge < -0.3 is 5.32 Å². The third-order valence-corrected chi connectivity index (χ3v) is 4.83. The number of carbonyl (C=O) groups is 2. The van der Waals surface area contributed by atoms with E-state index in [1.165, 1.54) is 0 Å². The van der Waals surface area contributed by atoms with Crippen molar-refractivity contribution < 1.29 is 9.59 Å². The van der Waals surface area contributed by atoms with Gasteiger partial charge in [-0.1, -0.05) is 35.9 Å². The number of carbonyl (C=O) groups excluding carboxylic acids is 2.